The van der Waals surface area contributed by atoms with Crippen LogP contribution in [0.4, 0.5) is 0 Å². The Morgan fingerprint density at radius 3 is 2.15 bits per heavy atom. The first-order chi connectivity index (χ1) is 9.19. The minimum Gasteiger partial charge on any atom is -0.492 e. The second-order valence-corrected chi connectivity index (χ2v) is 6.70. The monoisotopic (exact) mass is 276 g/mol. The fraction of sp³-hybridized carbons (Fsp3) is 0.529. The topological polar surface area (TPSA) is 27.7 Å². The van der Waals surface area contributed by atoms with Crippen LogP contribution in [0.25, 0.3) is 6.08 Å². The molecule has 0 unspecified atom stereocenters. The van der Waals surface area contributed by atoms with Crippen molar-refractivity contribution >= 4 is 6.08 Å². The molecule has 0 N–H and O–H groups in total. The van der Waals surface area contributed by atoms with Gasteiger partial charge >= 0.3 is 0 Å². The Morgan fingerprint density at radius 2 is 1.65 bits per heavy atom. The standard InChI is InChI=1S/C17H24O3/c1-16(2,3)12-10-11-8-9-17(4,5)20-13(11)15(19-7)14(12)18-6/h8-10H,1-7H3. The van der Waals surface area contributed by atoms with Crippen LogP contribution < -0.4 is 14.2 Å². The van der Waals surface area contributed by atoms with Crippen LogP contribution >= 0.6 is 0 Å². The zero-order valence-electron chi connectivity index (χ0n) is 13.5. The minimum atomic E-state index is -0.339. The third kappa shape index (κ3) is 2.49. The average molecular weight is 276 g/mol. The van der Waals surface area contributed by atoms with Gasteiger partial charge in [-0.3, -0.25) is 0 Å². The maximum Gasteiger partial charge on any atom is 0.204 e. The number of fused-ring (bicyclic) bond motifs is 1. The van der Waals surface area contributed by atoms with Gasteiger partial charge in [-0.05, 0) is 31.4 Å². The van der Waals surface area contributed by atoms with E-state index in [1.165, 1.54) is 0 Å². The third-order valence-corrected chi connectivity index (χ3v) is 3.46. The van der Waals surface area contributed by atoms with E-state index < -0.39 is 0 Å². The summed E-state index contributed by atoms with van der Waals surface area (Å²) in [5.41, 5.74) is 1.78. The van der Waals surface area contributed by atoms with Gasteiger partial charge in [-0.2, -0.15) is 0 Å². The number of hydrogen-bond donors (Lipinski definition) is 0. The highest BCUT2D eigenvalue weighted by molar-refractivity contribution is 5.71. The van der Waals surface area contributed by atoms with E-state index in [1.54, 1.807) is 14.2 Å². The molecule has 0 atom stereocenters. The second kappa shape index (κ2) is 4.72. The number of rotatable bonds is 2. The summed E-state index contributed by atoms with van der Waals surface area (Å²) in [4.78, 5) is 0. The molecule has 0 aromatic heterocycles. The Hall–Kier alpha value is -1.64. The van der Waals surface area contributed by atoms with E-state index >= 15 is 0 Å². The lowest BCUT2D eigenvalue weighted by molar-refractivity contribution is 0.150. The molecule has 1 aromatic carbocycles. The zero-order valence-corrected chi connectivity index (χ0v) is 13.5. The van der Waals surface area contributed by atoms with Crippen LogP contribution in [0.3, 0.4) is 0 Å². The summed E-state index contributed by atoms with van der Waals surface area (Å²) in [5.74, 6) is 2.18. The van der Waals surface area contributed by atoms with Crippen molar-refractivity contribution in [3.05, 3.63) is 23.3 Å². The van der Waals surface area contributed by atoms with Crippen molar-refractivity contribution in [3.63, 3.8) is 0 Å². The summed E-state index contributed by atoms with van der Waals surface area (Å²) in [5, 5.41) is 0. The third-order valence-electron chi connectivity index (χ3n) is 3.46. The van der Waals surface area contributed by atoms with E-state index in [2.05, 4.69) is 39.0 Å². The molecule has 1 aliphatic rings. The molecule has 0 radical (unpaired) electrons. The highest BCUT2D eigenvalue weighted by Gasteiger charge is 2.31. The Kier molecular flexibility index (Phi) is 3.49. The lowest BCUT2D eigenvalue weighted by Crippen LogP contribution is -2.28. The lowest BCUT2D eigenvalue weighted by Gasteiger charge is -2.32. The second-order valence-electron chi connectivity index (χ2n) is 6.70. The van der Waals surface area contributed by atoms with Crippen molar-refractivity contribution < 1.29 is 14.2 Å². The number of benzene rings is 1. The van der Waals surface area contributed by atoms with Gasteiger partial charge in [0.25, 0.3) is 0 Å². The van der Waals surface area contributed by atoms with Crippen molar-refractivity contribution in [3.8, 4) is 17.2 Å². The first-order valence-electron chi connectivity index (χ1n) is 6.87. The van der Waals surface area contributed by atoms with Crippen molar-refractivity contribution in [2.45, 2.75) is 45.6 Å². The first kappa shape index (κ1) is 14.8. The van der Waals surface area contributed by atoms with Crippen LogP contribution in [0, 0.1) is 0 Å². The summed E-state index contributed by atoms with van der Waals surface area (Å²) in [6, 6.07) is 2.13. The van der Waals surface area contributed by atoms with E-state index in [0.29, 0.717) is 5.75 Å². The smallest absolute Gasteiger partial charge is 0.204 e. The highest BCUT2D eigenvalue weighted by atomic mass is 16.5. The molecule has 0 saturated carbocycles. The minimum absolute atomic E-state index is 0.0333. The van der Waals surface area contributed by atoms with Gasteiger partial charge in [-0.25, -0.2) is 0 Å². The molecule has 3 heteroatoms. The fourth-order valence-electron chi connectivity index (χ4n) is 2.40. The molecule has 3 nitrogen and oxygen atoms in total. The van der Waals surface area contributed by atoms with Crippen molar-refractivity contribution in [2.75, 3.05) is 14.2 Å². The van der Waals surface area contributed by atoms with Gasteiger partial charge in [0.1, 0.15) is 5.60 Å². The summed E-state index contributed by atoms with van der Waals surface area (Å²) in [6.07, 6.45) is 4.16. The number of methoxy groups -OCH3 is 2. The molecule has 110 valence electrons. The molecule has 1 heterocycles. The highest BCUT2D eigenvalue weighted by Crippen LogP contribution is 2.49. The maximum atomic E-state index is 6.06. The maximum absolute atomic E-state index is 6.06. The van der Waals surface area contributed by atoms with Gasteiger partial charge < -0.3 is 14.2 Å². The van der Waals surface area contributed by atoms with Gasteiger partial charge in [0.15, 0.2) is 11.5 Å². The quantitative estimate of drug-likeness (QED) is 0.810. The Morgan fingerprint density at radius 1 is 1.05 bits per heavy atom. The summed E-state index contributed by atoms with van der Waals surface area (Å²) < 4.78 is 17.2. The van der Waals surface area contributed by atoms with E-state index in [1.807, 2.05) is 13.8 Å². The predicted molar refractivity (Wildman–Crippen MR) is 82.0 cm³/mol. The van der Waals surface area contributed by atoms with E-state index in [4.69, 9.17) is 14.2 Å². The molecule has 0 saturated heterocycles. The van der Waals surface area contributed by atoms with Crippen LogP contribution in [-0.2, 0) is 5.41 Å². The molecule has 0 fully saturated rings. The SMILES string of the molecule is COc1c(C(C)(C)C)cc2c(c1OC)OC(C)(C)C=C2. The van der Waals surface area contributed by atoms with Crippen LogP contribution in [0.15, 0.2) is 12.1 Å². The average Bonchev–Trinajstić information content (AvgIpc) is 2.34. The van der Waals surface area contributed by atoms with Crippen LogP contribution in [0.5, 0.6) is 17.2 Å². The van der Waals surface area contributed by atoms with Gasteiger partial charge in [0, 0.05) is 11.1 Å². The summed E-state index contributed by atoms with van der Waals surface area (Å²) >= 11 is 0. The van der Waals surface area contributed by atoms with Crippen LogP contribution in [0.2, 0.25) is 0 Å². The van der Waals surface area contributed by atoms with Crippen molar-refractivity contribution in [1.82, 2.24) is 0 Å². The number of ether oxygens (including phenoxy) is 3. The Bertz CT molecular complexity index is 548. The molecule has 0 bridgehead atoms. The molecular weight excluding hydrogens is 252 g/mol. The van der Waals surface area contributed by atoms with E-state index in [-0.39, 0.29) is 11.0 Å². The normalized spacial score (nSPS) is 16.4. The molecule has 2 rings (SSSR count). The lowest BCUT2D eigenvalue weighted by atomic mass is 9.84. The molecular formula is C17H24O3. The largest absolute Gasteiger partial charge is 0.492 e. The molecule has 0 aliphatic carbocycles. The molecule has 1 aromatic rings. The molecule has 1 aliphatic heterocycles. The van der Waals surface area contributed by atoms with Crippen LogP contribution in [-0.4, -0.2) is 19.8 Å². The molecule has 0 spiro atoms. The fourth-order valence-corrected chi connectivity index (χ4v) is 2.40. The van der Waals surface area contributed by atoms with Gasteiger partial charge in [0.05, 0.1) is 14.2 Å². The van der Waals surface area contributed by atoms with Crippen molar-refractivity contribution in [2.24, 2.45) is 0 Å². The summed E-state index contributed by atoms with van der Waals surface area (Å²) in [7, 11) is 3.32. The first-order valence-corrected chi connectivity index (χ1v) is 6.87. The Balaban J connectivity index is 2.73. The molecule has 0 amide bonds. The number of hydrogen-bond acceptors (Lipinski definition) is 3. The molecule has 20 heavy (non-hydrogen) atoms. The predicted octanol–water partition coefficient (Wildman–Crippen LogP) is 4.19. The van der Waals surface area contributed by atoms with E-state index in [0.717, 1.165) is 22.6 Å². The van der Waals surface area contributed by atoms with Gasteiger partial charge in [0.2, 0.25) is 5.75 Å². The van der Waals surface area contributed by atoms with Crippen molar-refractivity contribution in [1.29, 1.82) is 0 Å². The van der Waals surface area contributed by atoms with Gasteiger partial charge in [-0.15, -0.1) is 0 Å². The summed E-state index contributed by atoms with van der Waals surface area (Å²) in [6.45, 7) is 10.5. The van der Waals surface area contributed by atoms with Crippen LogP contribution in [0.1, 0.15) is 45.7 Å². The Labute approximate surface area is 121 Å². The van der Waals surface area contributed by atoms with Gasteiger partial charge in [-0.1, -0.05) is 26.8 Å². The van der Waals surface area contributed by atoms with E-state index in [9.17, 15) is 0 Å². The zero-order chi connectivity index (χ0) is 15.1.